The minimum absolute atomic E-state index is 0.0256. The highest BCUT2D eigenvalue weighted by Crippen LogP contribution is 2.29. The third-order valence-electron chi connectivity index (χ3n) is 2.38. The molecule has 0 aromatic heterocycles. The van der Waals surface area contributed by atoms with Crippen molar-refractivity contribution in [2.45, 2.75) is 20.0 Å². The fourth-order valence-corrected chi connectivity index (χ4v) is 2.05. The van der Waals surface area contributed by atoms with Crippen LogP contribution in [-0.4, -0.2) is 30.1 Å². The molecule has 2 N–H and O–H groups in total. The van der Waals surface area contributed by atoms with Gasteiger partial charge in [0.25, 0.3) is 5.91 Å². The first kappa shape index (κ1) is 14.5. The Hall–Kier alpha value is -1.56. The number of rotatable bonds is 4. The SMILES string of the molecule is CNC(=O)C(C)Oc1c(C)cc(Br)cc1C(=O)O. The molecule has 0 heterocycles. The van der Waals surface area contributed by atoms with E-state index < -0.39 is 12.1 Å². The highest BCUT2D eigenvalue weighted by atomic mass is 79.9. The van der Waals surface area contributed by atoms with Crippen molar-refractivity contribution in [1.82, 2.24) is 5.32 Å². The van der Waals surface area contributed by atoms with Gasteiger partial charge in [0, 0.05) is 11.5 Å². The van der Waals surface area contributed by atoms with Gasteiger partial charge in [-0.15, -0.1) is 0 Å². The van der Waals surface area contributed by atoms with Crippen LogP contribution in [0, 0.1) is 6.92 Å². The summed E-state index contributed by atoms with van der Waals surface area (Å²) in [6.45, 7) is 3.29. The average molecular weight is 316 g/mol. The summed E-state index contributed by atoms with van der Waals surface area (Å²) in [5.41, 5.74) is 0.676. The number of carboxylic acid groups (broad SMARTS) is 1. The molecule has 0 aliphatic carbocycles. The summed E-state index contributed by atoms with van der Waals surface area (Å²) in [5.74, 6) is -1.20. The Kier molecular flexibility index (Phi) is 4.72. The number of aryl methyl sites for hydroxylation is 1. The lowest BCUT2D eigenvalue weighted by atomic mass is 10.1. The van der Waals surface area contributed by atoms with Gasteiger partial charge in [-0.3, -0.25) is 4.79 Å². The smallest absolute Gasteiger partial charge is 0.339 e. The maximum Gasteiger partial charge on any atom is 0.339 e. The van der Waals surface area contributed by atoms with Crippen LogP contribution < -0.4 is 10.1 Å². The molecule has 0 aliphatic rings. The van der Waals surface area contributed by atoms with E-state index in [4.69, 9.17) is 9.84 Å². The van der Waals surface area contributed by atoms with Crippen LogP contribution in [0.15, 0.2) is 16.6 Å². The molecule has 0 radical (unpaired) electrons. The molecule has 1 unspecified atom stereocenters. The van der Waals surface area contributed by atoms with Crippen LogP contribution in [0.25, 0.3) is 0 Å². The second-order valence-electron chi connectivity index (χ2n) is 3.78. The number of nitrogens with one attached hydrogen (secondary N) is 1. The summed E-state index contributed by atoms with van der Waals surface area (Å²) in [7, 11) is 1.49. The maximum absolute atomic E-state index is 11.4. The van der Waals surface area contributed by atoms with Gasteiger partial charge in [0.2, 0.25) is 0 Å². The lowest BCUT2D eigenvalue weighted by molar-refractivity contribution is -0.126. The monoisotopic (exact) mass is 315 g/mol. The summed E-state index contributed by atoms with van der Waals surface area (Å²) >= 11 is 3.23. The van der Waals surface area contributed by atoms with Gasteiger partial charge in [0.1, 0.15) is 11.3 Å². The van der Waals surface area contributed by atoms with Gasteiger partial charge >= 0.3 is 5.97 Å². The molecule has 0 saturated carbocycles. The number of carbonyl (C=O) groups excluding carboxylic acids is 1. The van der Waals surface area contributed by atoms with Crippen molar-refractivity contribution in [3.05, 3.63) is 27.7 Å². The number of amides is 1. The normalized spacial score (nSPS) is 11.8. The molecule has 5 nitrogen and oxygen atoms in total. The minimum atomic E-state index is -1.10. The van der Waals surface area contributed by atoms with Gasteiger partial charge < -0.3 is 15.2 Å². The van der Waals surface area contributed by atoms with E-state index in [-0.39, 0.29) is 17.2 Å². The van der Waals surface area contributed by atoms with Crippen LogP contribution in [0.5, 0.6) is 5.75 Å². The van der Waals surface area contributed by atoms with Gasteiger partial charge in [-0.1, -0.05) is 15.9 Å². The van der Waals surface area contributed by atoms with Crippen molar-refractivity contribution in [2.75, 3.05) is 7.05 Å². The van der Waals surface area contributed by atoms with Crippen molar-refractivity contribution in [2.24, 2.45) is 0 Å². The molecular weight excluding hydrogens is 302 g/mol. The third kappa shape index (κ3) is 3.22. The van der Waals surface area contributed by atoms with E-state index in [0.717, 1.165) is 0 Å². The van der Waals surface area contributed by atoms with E-state index in [0.29, 0.717) is 10.0 Å². The number of ether oxygens (including phenoxy) is 1. The van der Waals surface area contributed by atoms with Crippen molar-refractivity contribution in [3.63, 3.8) is 0 Å². The molecule has 0 bridgehead atoms. The Balaban J connectivity index is 3.15. The molecule has 0 fully saturated rings. The zero-order valence-electron chi connectivity index (χ0n) is 10.3. The van der Waals surface area contributed by atoms with Crippen LogP contribution in [-0.2, 0) is 4.79 Å². The molecular formula is C12H14BrNO4. The van der Waals surface area contributed by atoms with E-state index in [1.165, 1.54) is 13.1 Å². The quantitative estimate of drug-likeness (QED) is 0.890. The standard InChI is InChI=1S/C12H14BrNO4/c1-6-4-8(13)5-9(12(16)17)10(6)18-7(2)11(15)14-3/h4-5,7H,1-3H3,(H,14,15)(H,16,17). The number of aromatic carboxylic acids is 1. The number of hydrogen-bond acceptors (Lipinski definition) is 3. The topological polar surface area (TPSA) is 75.6 Å². The summed E-state index contributed by atoms with van der Waals surface area (Å²) in [4.78, 5) is 22.5. The molecule has 1 rings (SSSR count). The second-order valence-corrected chi connectivity index (χ2v) is 4.69. The molecule has 98 valence electrons. The average Bonchev–Trinajstić information content (AvgIpc) is 2.30. The van der Waals surface area contributed by atoms with Crippen molar-refractivity contribution < 1.29 is 19.4 Å². The number of carboxylic acids is 1. The Bertz CT molecular complexity index is 487. The zero-order chi connectivity index (χ0) is 13.9. The minimum Gasteiger partial charge on any atom is -0.480 e. The first-order valence-electron chi connectivity index (χ1n) is 5.28. The number of carbonyl (C=O) groups is 2. The number of benzene rings is 1. The number of likely N-dealkylation sites (N-methyl/N-ethyl adjacent to an activating group) is 1. The van der Waals surface area contributed by atoms with E-state index in [1.807, 2.05) is 0 Å². The molecule has 6 heteroatoms. The first-order chi connectivity index (χ1) is 8.36. The lowest BCUT2D eigenvalue weighted by Crippen LogP contribution is -2.34. The highest BCUT2D eigenvalue weighted by molar-refractivity contribution is 9.10. The molecule has 1 aromatic carbocycles. The van der Waals surface area contributed by atoms with Gasteiger partial charge in [0.05, 0.1) is 0 Å². The van der Waals surface area contributed by atoms with E-state index in [1.54, 1.807) is 19.9 Å². The van der Waals surface area contributed by atoms with E-state index >= 15 is 0 Å². The zero-order valence-corrected chi connectivity index (χ0v) is 11.9. The Labute approximate surface area is 113 Å². The fraction of sp³-hybridized carbons (Fsp3) is 0.333. The fourth-order valence-electron chi connectivity index (χ4n) is 1.48. The van der Waals surface area contributed by atoms with Crippen molar-refractivity contribution in [3.8, 4) is 5.75 Å². The van der Waals surface area contributed by atoms with Crippen LogP contribution in [0.1, 0.15) is 22.8 Å². The van der Waals surface area contributed by atoms with Gasteiger partial charge in [-0.05, 0) is 31.5 Å². The van der Waals surface area contributed by atoms with Gasteiger partial charge in [-0.25, -0.2) is 4.79 Å². The van der Waals surface area contributed by atoms with E-state index in [2.05, 4.69) is 21.2 Å². The van der Waals surface area contributed by atoms with Crippen molar-refractivity contribution >= 4 is 27.8 Å². The molecule has 18 heavy (non-hydrogen) atoms. The Morgan fingerprint density at radius 2 is 2.06 bits per heavy atom. The summed E-state index contributed by atoms with van der Waals surface area (Å²) in [6.07, 6.45) is -0.757. The predicted molar refractivity (Wildman–Crippen MR) is 70.0 cm³/mol. The summed E-state index contributed by atoms with van der Waals surface area (Å²) < 4.78 is 6.08. The molecule has 1 atom stereocenters. The lowest BCUT2D eigenvalue weighted by Gasteiger charge is -2.17. The summed E-state index contributed by atoms with van der Waals surface area (Å²) in [6, 6.07) is 3.18. The molecule has 0 spiro atoms. The maximum atomic E-state index is 11.4. The largest absolute Gasteiger partial charge is 0.480 e. The number of hydrogen-bond donors (Lipinski definition) is 2. The van der Waals surface area contributed by atoms with Crippen LogP contribution in [0.3, 0.4) is 0 Å². The van der Waals surface area contributed by atoms with Gasteiger partial charge in [-0.2, -0.15) is 0 Å². The van der Waals surface area contributed by atoms with Crippen molar-refractivity contribution in [1.29, 1.82) is 0 Å². The molecule has 1 aromatic rings. The molecule has 1 amide bonds. The number of halogens is 1. The van der Waals surface area contributed by atoms with E-state index in [9.17, 15) is 9.59 Å². The predicted octanol–water partition coefficient (Wildman–Crippen LogP) is 1.97. The van der Waals surface area contributed by atoms with Gasteiger partial charge in [0.15, 0.2) is 6.10 Å². The second kappa shape index (κ2) is 5.86. The van der Waals surface area contributed by atoms with Crippen LogP contribution in [0.2, 0.25) is 0 Å². The Morgan fingerprint density at radius 3 is 2.56 bits per heavy atom. The third-order valence-corrected chi connectivity index (χ3v) is 2.84. The summed E-state index contributed by atoms with van der Waals surface area (Å²) in [5, 5.41) is 11.6. The molecule has 0 aliphatic heterocycles. The highest BCUT2D eigenvalue weighted by Gasteiger charge is 2.20. The van der Waals surface area contributed by atoms with Crippen LogP contribution in [0.4, 0.5) is 0 Å². The Morgan fingerprint density at radius 1 is 1.44 bits per heavy atom. The molecule has 0 saturated heterocycles. The van der Waals surface area contributed by atoms with Crippen LogP contribution >= 0.6 is 15.9 Å². The first-order valence-corrected chi connectivity index (χ1v) is 6.07.